The van der Waals surface area contributed by atoms with Crippen LogP contribution in [0.3, 0.4) is 0 Å². The van der Waals surface area contributed by atoms with E-state index in [-0.39, 0.29) is 30.4 Å². The molecule has 2 atom stereocenters. The maximum atomic E-state index is 6.08. The van der Waals surface area contributed by atoms with Crippen LogP contribution < -0.4 is 5.32 Å². The van der Waals surface area contributed by atoms with Gasteiger partial charge in [-0.15, -0.1) is 24.8 Å². The maximum absolute atomic E-state index is 6.08. The second-order valence-electron chi connectivity index (χ2n) is 5.52. The van der Waals surface area contributed by atoms with Crippen molar-refractivity contribution in [2.24, 2.45) is 5.92 Å². The third kappa shape index (κ3) is 4.54. The van der Waals surface area contributed by atoms with Crippen molar-refractivity contribution in [1.29, 1.82) is 0 Å². The fourth-order valence-corrected chi connectivity index (χ4v) is 3.24. The molecule has 6 heteroatoms. The van der Waals surface area contributed by atoms with E-state index in [0.717, 1.165) is 38.4 Å². The lowest BCUT2D eigenvalue weighted by Crippen LogP contribution is -2.52. The quantitative estimate of drug-likeness (QED) is 0.919. The number of hydrogen-bond acceptors (Lipinski definition) is 4. The molecule has 21 heavy (non-hydrogen) atoms. The van der Waals surface area contributed by atoms with Crippen molar-refractivity contribution < 1.29 is 9.47 Å². The second-order valence-corrected chi connectivity index (χ2v) is 5.52. The van der Waals surface area contributed by atoms with Gasteiger partial charge in [0.05, 0.1) is 31.1 Å². The molecule has 1 saturated carbocycles. The van der Waals surface area contributed by atoms with Gasteiger partial charge in [0.1, 0.15) is 0 Å². The van der Waals surface area contributed by atoms with Gasteiger partial charge in [-0.1, -0.05) is 12.5 Å². The first-order valence-corrected chi connectivity index (χ1v) is 7.21. The Morgan fingerprint density at radius 1 is 1.38 bits per heavy atom. The lowest BCUT2D eigenvalue weighted by Gasteiger charge is -2.39. The number of nitrogens with one attached hydrogen (secondary N) is 1. The van der Waals surface area contributed by atoms with E-state index >= 15 is 0 Å². The fourth-order valence-electron chi connectivity index (χ4n) is 3.24. The van der Waals surface area contributed by atoms with Crippen LogP contribution >= 0.6 is 24.8 Å². The minimum atomic E-state index is 0. The van der Waals surface area contributed by atoms with E-state index in [4.69, 9.17) is 9.47 Å². The highest BCUT2D eigenvalue weighted by Gasteiger charge is 2.44. The summed E-state index contributed by atoms with van der Waals surface area (Å²) in [6, 6.07) is 5.93. The number of halogens is 2. The van der Waals surface area contributed by atoms with Gasteiger partial charge in [0.15, 0.2) is 0 Å². The molecule has 1 aromatic heterocycles. The Morgan fingerprint density at radius 3 is 3.00 bits per heavy atom. The first-order chi connectivity index (χ1) is 9.39. The van der Waals surface area contributed by atoms with Gasteiger partial charge >= 0.3 is 0 Å². The average molecular weight is 335 g/mol. The third-order valence-electron chi connectivity index (χ3n) is 4.28. The summed E-state index contributed by atoms with van der Waals surface area (Å²) < 4.78 is 11.9. The molecule has 1 aliphatic heterocycles. The molecule has 2 heterocycles. The number of rotatable bonds is 4. The zero-order chi connectivity index (χ0) is 13.0. The SMILES string of the molecule is Cl.Cl.c1ccc(COC[C@H]2CCC[C@@]23CNCCO3)nc1. The summed E-state index contributed by atoms with van der Waals surface area (Å²) in [6.07, 6.45) is 5.44. The van der Waals surface area contributed by atoms with E-state index in [1.54, 1.807) is 0 Å². The van der Waals surface area contributed by atoms with E-state index in [1.807, 2.05) is 24.4 Å². The second kappa shape index (κ2) is 8.91. The smallest absolute Gasteiger partial charge is 0.0887 e. The third-order valence-corrected chi connectivity index (χ3v) is 4.28. The minimum absolute atomic E-state index is 0. The molecule has 2 fully saturated rings. The van der Waals surface area contributed by atoms with Crippen LogP contribution in [0.15, 0.2) is 24.4 Å². The predicted octanol–water partition coefficient (Wildman–Crippen LogP) is 2.60. The largest absolute Gasteiger partial charge is 0.375 e. The van der Waals surface area contributed by atoms with Crippen LogP contribution in [0.2, 0.25) is 0 Å². The van der Waals surface area contributed by atoms with Gasteiger partial charge in [-0.05, 0) is 25.0 Å². The predicted molar refractivity (Wildman–Crippen MR) is 87.3 cm³/mol. The van der Waals surface area contributed by atoms with Crippen molar-refractivity contribution in [3.63, 3.8) is 0 Å². The maximum Gasteiger partial charge on any atom is 0.0887 e. The summed E-state index contributed by atoms with van der Waals surface area (Å²) in [5.41, 5.74) is 1.03. The van der Waals surface area contributed by atoms with Crippen molar-refractivity contribution in [3.8, 4) is 0 Å². The van der Waals surface area contributed by atoms with Crippen molar-refractivity contribution in [2.45, 2.75) is 31.5 Å². The van der Waals surface area contributed by atoms with E-state index in [9.17, 15) is 0 Å². The molecule has 1 spiro atoms. The Labute approximate surface area is 138 Å². The zero-order valence-electron chi connectivity index (χ0n) is 12.1. The van der Waals surface area contributed by atoms with Gasteiger partial charge in [0.25, 0.3) is 0 Å². The summed E-state index contributed by atoms with van der Waals surface area (Å²) in [5.74, 6) is 0.518. The summed E-state index contributed by atoms with van der Waals surface area (Å²) in [4.78, 5) is 4.28. The Bertz CT molecular complexity index is 400. The van der Waals surface area contributed by atoms with Gasteiger partial charge in [-0.3, -0.25) is 4.98 Å². The van der Waals surface area contributed by atoms with Crippen LogP contribution in [0.4, 0.5) is 0 Å². The molecular weight excluding hydrogens is 311 g/mol. The van der Waals surface area contributed by atoms with Crippen LogP contribution in [0.1, 0.15) is 25.0 Å². The van der Waals surface area contributed by atoms with Crippen molar-refractivity contribution in [2.75, 3.05) is 26.3 Å². The Kier molecular flexibility index (Phi) is 7.92. The summed E-state index contributed by atoms with van der Waals surface area (Å²) >= 11 is 0. The fraction of sp³-hybridized carbons (Fsp3) is 0.667. The molecule has 1 saturated heterocycles. The van der Waals surface area contributed by atoms with Gasteiger partial charge in [0, 0.05) is 25.2 Å². The topological polar surface area (TPSA) is 43.4 Å². The van der Waals surface area contributed by atoms with E-state index in [0.29, 0.717) is 12.5 Å². The summed E-state index contributed by atoms with van der Waals surface area (Å²) in [7, 11) is 0. The highest BCUT2D eigenvalue weighted by molar-refractivity contribution is 5.85. The van der Waals surface area contributed by atoms with Crippen LogP contribution in [-0.2, 0) is 16.1 Å². The molecule has 4 nitrogen and oxygen atoms in total. The molecule has 120 valence electrons. The minimum Gasteiger partial charge on any atom is -0.375 e. The first-order valence-electron chi connectivity index (χ1n) is 7.21. The molecule has 3 rings (SSSR count). The number of ether oxygens (including phenoxy) is 2. The Balaban J connectivity index is 0.00000110. The molecule has 1 aromatic rings. The van der Waals surface area contributed by atoms with Crippen LogP contribution in [0, 0.1) is 5.92 Å². The number of hydrogen-bond donors (Lipinski definition) is 1. The molecule has 2 aliphatic rings. The number of morpholine rings is 1. The Morgan fingerprint density at radius 2 is 2.29 bits per heavy atom. The lowest BCUT2D eigenvalue weighted by molar-refractivity contribution is -0.108. The zero-order valence-corrected chi connectivity index (χ0v) is 13.8. The molecule has 0 amide bonds. The summed E-state index contributed by atoms with van der Waals surface area (Å²) in [5, 5.41) is 3.46. The van der Waals surface area contributed by atoms with Crippen molar-refractivity contribution in [3.05, 3.63) is 30.1 Å². The average Bonchev–Trinajstić information content (AvgIpc) is 2.83. The monoisotopic (exact) mass is 334 g/mol. The molecule has 0 aromatic carbocycles. The molecule has 1 aliphatic carbocycles. The molecule has 0 unspecified atom stereocenters. The highest BCUT2D eigenvalue weighted by Crippen LogP contribution is 2.39. The highest BCUT2D eigenvalue weighted by atomic mass is 35.5. The van der Waals surface area contributed by atoms with E-state index in [2.05, 4.69) is 10.3 Å². The van der Waals surface area contributed by atoms with Gasteiger partial charge in [-0.25, -0.2) is 0 Å². The number of pyridine rings is 1. The molecule has 1 N–H and O–H groups in total. The number of aromatic nitrogens is 1. The van der Waals surface area contributed by atoms with Crippen molar-refractivity contribution >= 4 is 24.8 Å². The van der Waals surface area contributed by atoms with E-state index < -0.39 is 0 Å². The Hall–Kier alpha value is -0.390. The van der Waals surface area contributed by atoms with Crippen LogP contribution in [0.25, 0.3) is 0 Å². The normalized spacial score (nSPS) is 27.9. The number of nitrogens with zero attached hydrogens (tertiary/aromatic N) is 1. The molecular formula is C15H24Cl2N2O2. The van der Waals surface area contributed by atoms with Crippen molar-refractivity contribution in [1.82, 2.24) is 10.3 Å². The first kappa shape index (κ1) is 18.7. The molecule has 0 radical (unpaired) electrons. The van der Waals surface area contributed by atoms with Gasteiger partial charge < -0.3 is 14.8 Å². The van der Waals surface area contributed by atoms with Crippen LogP contribution in [-0.4, -0.2) is 36.9 Å². The standard InChI is InChI=1S/C15H22N2O2.2ClH/c1-2-7-17-14(5-1)11-18-10-13-4-3-6-15(13)12-16-8-9-19-15;;/h1-2,5,7,13,16H,3-4,6,8-12H2;2*1H/t13-,15-;;/m1../s1. The van der Waals surface area contributed by atoms with Crippen LogP contribution in [0.5, 0.6) is 0 Å². The lowest BCUT2D eigenvalue weighted by atomic mass is 9.90. The molecule has 0 bridgehead atoms. The van der Waals surface area contributed by atoms with E-state index in [1.165, 1.54) is 12.8 Å². The van der Waals surface area contributed by atoms with Gasteiger partial charge in [-0.2, -0.15) is 0 Å². The van der Waals surface area contributed by atoms with Gasteiger partial charge in [0.2, 0.25) is 0 Å². The summed E-state index contributed by atoms with van der Waals surface area (Å²) in [6.45, 7) is 4.16.